The third-order valence-corrected chi connectivity index (χ3v) is 5.25. The summed E-state index contributed by atoms with van der Waals surface area (Å²) >= 11 is 9.83. The number of aliphatic imine (C=N–C) groups is 1. The normalized spacial score (nSPS) is 13.3. The number of nitrogens with zero attached hydrogens (tertiary/aromatic N) is 2. The molecule has 0 atom stereocenters. The first kappa shape index (κ1) is 22.0. The summed E-state index contributed by atoms with van der Waals surface area (Å²) in [5.74, 6) is -1.94. The molecule has 0 aliphatic carbocycles. The van der Waals surface area contributed by atoms with E-state index in [0.29, 0.717) is 22.0 Å². The summed E-state index contributed by atoms with van der Waals surface area (Å²) in [4.78, 5) is 41.0. The minimum absolute atomic E-state index is 0.0544. The van der Waals surface area contributed by atoms with Crippen LogP contribution in [0, 0.1) is 0 Å². The Balaban J connectivity index is 1.85. The number of amides is 1. The van der Waals surface area contributed by atoms with E-state index in [1.54, 1.807) is 12.1 Å². The fourth-order valence-corrected chi connectivity index (χ4v) is 3.63. The van der Waals surface area contributed by atoms with Gasteiger partial charge >= 0.3 is 11.9 Å². The number of ether oxygens (including phenoxy) is 1. The van der Waals surface area contributed by atoms with Gasteiger partial charge in [0, 0.05) is 20.6 Å². The second-order valence-corrected chi connectivity index (χ2v) is 7.79. The number of esters is 1. The van der Waals surface area contributed by atoms with Crippen LogP contribution in [0.25, 0.3) is 0 Å². The molecular weight excluding hydrogens is 476 g/mol. The van der Waals surface area contributed by atoms with Crippen LogP contribution in [0.3, 0.4) is 0 Å². The number of carboxylic acids is 1. The lowest BCUT2D eigenvalue weighted by Crippen LogP contribution is -2.35. The monoisotopic (exact) mass is 492 g/mol. The Bertz CT molecular complexity index is 1020. The molecule has 0 saturated heterocycles. The van der Waals surface area contributed by atoms with E-state index in [4.69, 9.17) is 21.4 Å². The van der Waals surface area contributed by atoms with E-state index < -0.39 is 11.9 Å². The quantitative estimate of drug-likeness (QED) is 0.594. The number of halogens is 2. The first-order chi connectivity index (χ1) is 14.4. The van der Waals surface area contributed by atoms with Gasteiger partial charge in [-0.1, -0.05) is 45.7 Å². The first-order valence-electron chi connectivity index (χ1n) is 9.14. The second-order valence-electron chi connectivity index (χ2n) is 6.47. The zero-order valence-corrected chi connectivity index (χ0v) is 18.1. The van der Waals surface area contributed by atoms with Crippen LogP contribution in [0.5, 0.6) is 0 Å². The Labute approximate surface area is 186 Å². The summed E-state index contributed by atoms with van der Waals surface area (Å²) in [6.45, 7) is -0.0153. The van der Waals surface area contributed by atoms with Crippen molar-refractivity contribution in [1.29, 1.82) is 0 Å². The molecule has 0 bridgehead atoms. The number of benzodiazepines with no additional fused rings is 1. The highest BCUT2D eigenvalue weighted by Gasteiger charge is 2.26. The van der Waals surface area contributed by atoms with E-state index in [-0.39, 0.29) is 38.4 Å². The fraction of sp³-hybridized carbons (Fsp3) is 0.238. The molecule has 0 spiro atoms. The van der Waals surface area contributed by atoms with Crippen molar-refractivity contribution in [2.45, 2.75) is 12.8 Å². The summed E-state index contributed by atoms with van der Waals surface area (Å²) < 4.78 is 5.90. The number of hydrogen-bond acceptors (Lipinski definition) is 5. The predicted molar refractivity (Wildman–Crippen MR) is 116 cm³/mol. The molecule has 0 aromatic heterocycles. The molecule has 1 heterocycles. The number of fused-ring (bicyclic) bond motifs is 1. The smallest absolute Gasteiger partial charge is 0.306 e. The Hall–Kier alpha value is -2.71. The highest BCUT2D eigenvalue weighted by Crippen LogP contribution is 2.31. The molecule has 1 N–H and O–H groups in total. The zero-order valence-electron chi connectivity index (χ0n) is 15.8. The van der Waals surface area contributed by atoms with Crippen molar-refractivity contribution in [2.24, 2.45) is 4.99 Å². The Morgan fingerprint density at radius 2 is 1.93 bits per heavy atom. The lowest BCUT2D eigenvalue weighted by molar-refractivity contribution is -0.147. The number of anilines is 1. The predicted octanol–water partition coefficient (Wildman–Crippen LogP) is 3.69. The molecule has 30 heavy (non-hydrogen) atoms. The molecule has 0 fully saturated rings. The molecule has 2 aromatic carbocycles. The lowest BCUT2D eigenvalue weighted by atomic mass is 10.00. The van der Waals surface area contributed by atoms with Crippen molar-refractivity contribution >= 4 is 56.8 Å². The van der Waals surface area contributed by atoms with Gasteiger partial charge in [0.2, 0.25) is 5.91 Å². The van der Waals surface area contributed by atoms with E-state index in [1.165, 1.54) is 4.90 Å². The minimum atomic E-state index is -1.07. The lowest BCUT2D eigenvalue weighted by Gasteiger charge is -2.23. The molecule has 7 nitrogen and oxygen atoms in total. The van der Waals surface area contributed by atoms with Crippen LogP contribution in [0.2, 0.25) is 5.02 Å². The molecule has 0 radical (unpaired) electrons. The minimum Gasteiger partial charge on any atom is -0.481 e. The Kier molecular flexibility index (Phi) is 7.23. The summed E-state index contributed by atoms with van der Waals surface area (Å²) in [6.07, 6.45) is -0.514. The van der Waals surface area contributed by atoms with Crippen molar-refractivity contribution in [2.75, 3.05) is 24.6 Å². The van der Waals surface area contributed by atoms with Gasteiger partial charge in [0.25, 0.3) is 0 Å². The highest BCUT2D eigenvalue weighted by molar-refractivity contribution is 9.10. The third-order valence-electron chi connectivity index (χ3n) is 4.43. The van der Waals surface area contributed by atoms with E-state index in [1.807, 2.05) is 30.3 Å². The van der Waals surface area contributed by atoms with Gasteiger partial charge in [0.15, 0.2) is 0 Å². The molecule has 2 aromatic rings. The number of rotatable bonds is 7. The van der Waals surface area contributed by atoms with E-state index in [9.17, 15) is 14.4 Å². The maximum atomic E-state index is 12.8. The molecule has 0 unspecified atom stereocenters. The van der Waals surface area contributed by atoms with Gasteiger partial charge in [0.05, 0.1) is 30.8 Å². The van der Waals surface area contributed by atoms with Gasteiger partial charge in [0.1, 0.15) is 13.2 Å². The van der Waals surface area contributed by atoms with Gasteiger partial charge in [-0.3, -0.25) is 19.4 Å². The Morgan fingerprint density at radius 1 is 1.17 bits per heavy atom. The van der Waals surface area contributed by atoms with Crippen LogP contribution < -0.4 is 4.90 Å². The van der Waals surface area contributed by atoms with Gasteiger partial charge in [-0.05, 0) is 24.3 Å². The van der Waals surface area contributed by atoms with Gasteiger partial charge in [-0.15, -0.1) is 0 Å². The van der Waals surface area contributed by atoms with Crippen LogP contribution in [0.1, 0.15) is 24.0 Å². The number of carbonyl (C=O) groups excluding carboxylic acids is 2. The van der Waals surface area contributed by atoms with Crippen LogP contribution in [-0.2, 0) is 19.1 Å². The topological polar surface area (TPSA) is 96.3 Å². The molecule has 1 aliphatic heterocycles. The molecule has 3 rings (SSSR count). The van der Waals surface area contributed by atoms with Crippen molar-refractivity contribution in [3.63, 3.8) is 0 Å². The fourth-order valence-electron chi connectivity index (χ4n) is 3.05. The number of carbonyl (C=O) groups is 3. The van der Waals surface area contributed by atoms with Crippen LogP contribution >= 0.6 is 27.5 Å². The standard InChI is InChI=1S/C21H18BrClN2O5/c22-13-5-6-17-15(11-13)21(14-3-1-2-4-16(14)23)24-12-18(26)25(17)9-10-30-20(29)8-7-19(27)28/h1-6,11H,7-10,12H2,(H,27,28). The largest absolute Gasteiger partial charge is 0.481 e. The average molecular weight is 494 g/mol. The van der Waals surface area contributed by atoms with Gasteiger partial charge in [-0.25, -0.2) is 0 Å². The number of hydrogen-bond donors (Lipinski definition) is 1. The first-order valence-corrected chi connectivity index (χ1v) is 10.3. The average Bonchev–Trinajstić information content (AvgIpc) is 2.83. The summed E-state index contributed by atoms with van der Waals surface area (Å²) in [5.41, 5.74) is 2.67. The number of aliphatic carboxylic acids is 1. The molecule has 1 amide bonds. The van der Waals surface area contributed by atoms with Crippen molar-refractivity contribution in [1.82, 2.24) is 0 Å². The molecule has 1 aliphatic rings. The molecule has 156 valence electrons. The maximum absolute atomic E-state index is 12.8. The number of benzene rings is 2. The molecular formula is C21H18BrClN2O5. The third kappa shape index (κ3) is 5.25. The van der Waals surface area contributed by atoms with Gasteiger partial charge in [-0.2, -0.15) is 0 Å². The molecule has 9 heteroatoms. The maximum Gasteiger partial charge on any atom is 0.306 e. The van der Waals surface area contributed by atoms with Crippen LogP contribution in [0.15, 0.2) is 51.9 Å². The number of carboxylic acid groups (broad SMARTS) is 1. The van der Waals surface area contributed by atoms with E-state index in [2.05, 4.69) is 20.9 Å². The van der Waals surface area contributed by atoms with Crippen LogP contribution in [-0.4, -0.2) is 48.4 Å². The van der Waals surface area contributed by atoms with Crippen molar-refractivity contribution in [3.05, 3.63) is 63.1 Å². The SMILES string of the molecule is O=C(O)CCC(=O)OCCN1C(=O)CN=C(c2ccccc2Cl)c2cc(Br)ccc21. The summed E-state index contributed by atoms with van der Waals surface area (Å²) in [7, 11) is 0. The van der Waals surface area contributed by atoms with Crippen molar-refractivity contribution in [3.8, 4) is 0 Å². The van der Waals surface area contributed by atoms with E-state index >= 15 is 0 Å². The van der Waals surface area contributed by atoms with Gasteiger partial charge < -0.3 is 14.7 Å². The summed E-state index contributed by atoms with van der Waals surface area (Å²) in [6, 6.07) is 12.7. The second kappa shape index (κ2) is 9.86. The molecule has 0 saturated carbocycles. The zero-order chi connectivity index (χ0) is 21.7. The Morgan fingerprint density at radius 3 is 2.67 bits per heavy atom. The van der Waals surface area contributed by atoms with Crippen molar-refractivity contribution < 1.29 is 24.2 Å². The van der Waals surface area contributed by atoms with E-state index in [0.717, 1.165) is 10.0 Å². The summed E-state index contributed by atoms with van der Waals surface area (Å²) in [5, 5.41) is 9.16. The van der Waals surface area contributed by atoms with Crippen LogP contribution in [0.4, 0.5) is 5.69 Å². The highest BCUT2D eigenvalue weighted by atomic mass is 79.9.